The average molecular weight is 985 g/mol. The first kappa shape index (κ1) is 55.3. The molecule has 0 atom stereocenters. The third-order valence-electron chi connectivity index (χ3n) is 13.7. The maximum absolute atomic E-state index is 12.4. The van der Waals surface area contributed by atoms with E-state index in [2.05, 4.69) is 20.8 Å². The summed E-state index contributed by atoms with van der Waals surface area (Å²) in [6.45, 7) is 6.50. The highest BCUT2D eigenvalue weighted by molar-refractivity contribution is 8.00. The summed E-state index contributed by atoms with van der Waals surface area (Å²) in [6, 6.07) is 19.5. The van der Waals surface area contributed by atoms with Gasteiger partial charge in [-0.15, -0.1) is 0 Å². The van der Waals surface area contributed by atoms with E-state index in [9.17, 15) is 50.9 Å². The van der Waals surface area contributed by atoms with Crippen molar-refractivity contribution in [2.75, 3.05) is 0 Å². The molecular formula is C51H66F6O6S3. The fourth-order valence-corrected chi connectivity index (χ4v) is 11.2. The SMILES string of the molecule is CCCC[C@H]1CC[C@@](C(=O)O)(c2ccc(SC(F)F)cc2)CC1.CCC[C@H]1CC[C@@](C(=O)O)(c2ccc(SC(F)F)cc2)CC1.CC[C@H]1CC[C@H](C(=O)Oc2ccc(SC(F)F)cc2)CC1. The Bertz CT molecular complexity index is 1890. The number of rotatable bonds is 18. The molecule has 6 nitrogen and oxygen atoms in total. The summed E-state index contributed by atoms with van der Waals surface area (Å²) < 4.78 is 79.3. The molecule has 0 unspecified atom stereocenters. The molecule has 0 saturated heterocycles. The Hall–Kier alpha value is -3.30. The molecule has 0 aliphatic heterocycles. The molecule has 6 rings (SSSR count). The first-order valence-electron chi connectivity index (χ1n) is 23.4. The third-order valence-corrected chi connectivity index (χ3v) is 15.9. The van der Waals surface area contributed by atoms with Crippen LogP contribution in [0.25, 0.3) is 0 Å². The second kappa shape index (κ2) is 27.6. The number of thioether (sulfide) groups is 3. The maximum Gasteiger partial charge on any atom is 0.314 e. The molecule has 0 spiro atoms. The molecule has 3 saturated carbocycles. The minimum Gasteiger partial charge on any atom is -0.481 e. The van der Waals surface area contributed by atoms with Crippen molar-refractivity contribution < 1.29 is 55.7 Å². The molecule has 0 aromatic heterocycles. The largest absolute Gasteiger partial charge is 0.481 e. The van der Waals surface area contributed by atoms with E-state index >= 15 is 0 Å². The van der Waals surface area contributed by atoms with Crippen LogP contribution in [0.5, 0.6) is 5.75 Å². The molecule has 3 aliphatic carbocycles. The lowest BCUT2D eigenvalue weighted by Crippen LogP contribution is -2.39. The van der Waals surface area contributed by atoms with Gasteiger partial charge in [0.25, 0.3) is 17.3 Å². The van der Waals surface area contributed by atoms with Crippen LogP contribution in [-0.4, -0.2) is 45.4 Å². The van der Waals surface area contributed by atoms with Crippen LogP contribution < -0.4 is 4.74 Å². The number of hydrogen-bond donors (Lipinski definition) is 2. The molecule has 3 aromatic rings. The van der Waals surface area contributed by atoms with Gasteiger partial charge in [0.2, 0.25) is 0 Å². The summed E-state index contributed by atoms with van der Waals surface area (Å²) in [6.07, 6.45) is 17.2. The van der Waals surface area contributed by atoms with Crippen molar-refractivity contribution in [3.63, 3.8) is 0 Å². The molecular weight excluding hydrogens is 919 g/mol. The minimum absolute atomic E-state index is 0.0251. The predicted molar refractivity (Wildman–Crippen MR) is 253 cm³/mol. The Kier molecular flexibility index (Phi) is 23.2. The first-order valence-corrected chi connectivity index (χ1v) is 26.0. The number of alkyl halides is 6. The Morgan fingerprint density at radius 2 is 0.924 bits per heavy atom. The monoisotopic (exact) mass is 984 g/mol. The molecule has 3 aromatic carbocycles. The molecule has 3 aliphatic rings. The lowest BCUT2D eigenvalue weighted by Gasteiger charge is -2.37. The number of carboxylic acid groups (broad SMARTS) is 2. The molecule has 0 heterocycles. The van der Waals surface area contributed by atoms with Crippen LogP contribution in [0, 0.1) is 23.7 Å². The van der Waals surface area contributed by atoms with Gasteiger partial charge in [-0.3, -0.25) is 14.4 Å². The maximum atomic E-state index is 12.4. The Labute approximate surface area is 399 Å². The van der Waals surface area contributed by atoms with Gasteiger partial charge in [0.05, 0.1) is 16.7 Å². The number of aliphatic carboxylic acids is 2. The second-order valence-electron chi connectivity index (χ2n) is 17.8. The number of hydrogen-bond acceptors (Lipinski definition) is 7. The second-order valence-corrected chi connectivity index (χ2v) is 21.0. The van der Waals surface area contributed by atoms with Crippen molar-refractivity contribution in [3.8, 4) is 5.75 Å². The first-order chi connectivity index (χ1) is 31.5. The lowest BCUT2D eigenvalue weighted by atomic mass is 9.66. The van der Waals surface area contributed by atoms with E-state index in [1.165, 1.54) is 25.7 Å². The van der Waals surface area contributed by atoms with Crippen LogP contribution in [0.15, 0.2) is 87.5 Å². The highest BCUT2D eigenvalue weighted by atomic mass is 32.2. The topological polar surface area (TPSA) is 101 Å². The van der Waals surface area contributed by atoms with Crippen LogP contribution in [0.4, 0.5) is 26.3 Å². The molecule has 0 radical (unpaired) electrons. The van der Waals surface area contributed by atoms with Gasteiger partial charge >= 0.3 is 17.9 Å². The normalized spacial score (nSPS) is 24.2. The number of carboxylic acids is 2. The summed E-state index contributed by atoms with van der Waals surface area (Å²) in [7, 11) is 0. The highest BCUT2D eigenvalue weighted by Gasteiger charge is 2.44. The zero-order valence-electron chi connectivity index (χ0n) is 38.2. The minimum atomic E-state index is -2.46. The number of carbonyl (C=O) groups excluding carboxylic acids is 1. The zero-order chi connectivity index (χ0) is 48.3. The highest BCUT2D eigenvalue weighted by Crippen LogP contribution is 2.45. The van der Waals surface area contributed by atoms with E-state index in [0.717, 1.165) is 81.3 Å². The van der Waals surface area contributed by atoms with Crippen molar-refractivity contribution in [3.05, 3.63) is 83.9 Å². The number of unbranched alkanes of at least 4 members (excludes halogenated alkanes) is 1. The van der Waals surface area contributed by atoms with Crippen molar-refractivity contribution in [1.82, 2.24) is 0 Å². The van der Waals surface area contributed by atoms with E-state index in [1.807, 2.05) is 0 Å². The van der Waals surface area contributed by atoms with Crippen molar-refractivity contribution in [2.45, 2.75) is 179 Å². The van der Waals surface area contributed by atoms with Crippen LogP contribution in [0.1, 0.15) is 147 Å². The van der Waals surface area contributed by atoms with Crippen LogP contribution in [-0.2, 0) is 25.2 Å². The van der Waals surface area contributed by atoms with E-state index in [4.69, 9.17) is 4.74 Å². The zero-order valence-corrected chi connectivity index (χ0v) is 40.7. The standard InChI is InChI=1S/C18H24F2O2S.C17H22F2O2S.C16H20F2O2S/c1-2-3-4-13-9-11-18(12-10-13,16(21)22)14-5-7-15(8-6-14)23-17(19)20;1-2-3-12-8-10-17(11-9-12,15(20)21)13-4-6-14(7-5-13)22-16(18)19;1-2-11-3-5-12(6-4-11)15(19)20-13-7-9-14(10-8-13)21-16(17)18/h5-8,13,17H,2-4,9-12H2,1H3,(H,21,22);4-7,12,16H,2-3,8-11H2,1H3,(H,20,21);7-12,16H,2-6H2,1H3/t13-,18-;12-,17-;11-,12-. The van der Waals surface area contributed by atoms with Crippen molar-refractivity contribution >= 4 is 53.2 Å². The Morgan fingerprint density at radius 3 is 1.26 bits per heavy atom. The average Bonchev–Trinajstić information content (AvgIpc) is 3.30. The van der Waals surface area contributed by atoms with Crippen LogP contribution in [0.3, 0.4) is 0 Å². The van der Waals surface area contributed by atoms with Gasteiger partial charge in [0, 0.05) is 14.7 Å². The molecule has 0 amide bonds. The number of carbonyl (C=O) groups is 3. The smallest absolute Gasteiger partial charge is 0.314 e. The van der Waals surface area contributed by atoms with Gasteiger partial charge in [0.15, 0.2) is 0 Å². The third kappa shape index (κ3) is 16.7. The number of benzene rings is 3. The van der Waals surface area contributed by atoms with Gasteiger partial charge in [-0.2, -0.15) is 26.3 Å². The fraction of sp³-hybridized carbons (Fsp3) is 0.588. The van der Waals surface area contributed by atoms with Gasteiger partial charge in [-0.25, -0.2) is 0 Å². The molecule has 15 heteroatoms. The fourth-order valence-electron chi connectivity index (χ4n) is 9.68. The lowest BCUT2D eigenvalue weighted by molar-refractivity contribution is -0.146. The Morgan fingerprint density at radius 1 is 0.545 bits per heavy atom. The Balaban J connectivity index is 0.000000217. The summed E-state index contributed by atoms with van der Waals surface area (Å²) in [5, 5.41) is 19.5. The molecule has 3 fully saturated rings. The van der Waals surface area contributed by atoms with E-state index in [-0.39, 0.29) is 11.9 Å². The summed E-state index contributed by atoms with van der Waals surface area (Å²) in [5.74, 6) is -6.75. The molecule has 66 heavy (non-hydrogen) atoms. The molecule has 366 valence electrons. The quantitative estimate of drug-likeness (QED) is 0.0558. The van der Waals surface area contributed by atoms with E-state index in [0.29, 0.717) is 93.2 Å². The summed E-state index contributed by atoms with van der Waals surface area (Å²) in [5.41, 5.74) is -0.208. The number of ether oxygens (including phenoxy) is 1. The van der Waals surface area contributed by atoms with Gasteiger partial charge in [-0.1, -0.05) is 119 Å². The van der Waals surface area contributed by atoms with Crippen LogP contribution in [0.2, 0.25) is 0 Å². The molecule has 0 bridgehead atoms. The summed E-state index contributed by atoms with van der Waals surface area (Å²) >= 11 is 1.46. The predicted octanol–water partition coefficient (Wildman–Crippen LogP) is 16.1. The number of halogens is 6. The van der Waals surface area contributed by atoms with Crippen molar-refractivity contribution in [2.24, 2.45) is 23.7 Å². The van der Waals surface area contributed by atoms with E-state index in [1.54, 1.807) is 72.8 Å². The summed E-state index contributed by atoms with van der Waals surface area (Å²) in [4.78, 5) is 37.3. The van der Waals surface area contributed by atoms with Gasteiger partial charge in [-0.05, 0) is 154 Å². The van der Waals surface area contributed by atoms with Crippen LogP contribution >= 0.6 is 35.3 Å². The van der Waals surface area contributed by atoms with E-state index < -0.39 is 40.0 Å². The van der Waals surface area contributed by atoms with Gasteiger partial charge < -0.3 is 14.9 Å². The van der Waals surface area contributed by atoms with Gasteiger partial charge in [0.1, 0.15) is 5.75 Å². The van der Waals surface area contributed by atoms with Crippen molar-refractivity contribution in [1.29, 1.82) is 0 Å². The molecule has 2 N–H and O–H groups in total. The number of esters is 1.